The van der Waals surface area contributed by atoms with Crippen LogP contribution in [0, 0.1) is 5.92 Å². The maximum absolute atomic E-state index is 11.8. The second-order valence-electron chi connectivity index (χ2n) is 4.81. The first kappa shape index (κ1) is 16.3. The first-order valence-electron chi connectivity index (χ1n) is 9.48. The third-order valence-electron chi connectivity index (χ3n) is 3.14. The van der Waals surface area contributed by atoms with E-state index in [1.807, 2.05) is 13.8 Å². The molecule has 0 aromatic heterocycles. The van der Waals surface area contributed by atoms with Gasteiger partial charge in [-0.25, -0.2) is 8.42 Å². The Balaban J connectivity index is 0. The molecule has 0 bridgehead atoms. The van der Waals surface area contributed by atoms with Crippen LogP contribution in [0.2, 0.25) is 0 Å². The number of carbonyl (C=O) groups is 2. The molecule has 23 heavy (non-hydrogen) atoms. The van der Waals surface area contributed by atoms with Crippen LogP contribution in [0.1, 0.15) is 59.7 Å². The quantitative estimate of drug-likeness (QED) is 0.252. The molecule has 0 N–H and O–H groups in total. The summed E-state index contributed by atoms with van der Waals surface area (Å²) in [5.41, 5.74) is 0. The molecule has 2 unspecified atom stereocenters. The Bertz CT molecular complexity index is 610. The number of esters is 2. The van der Waals surface area contributed by atoms with E-state index < -0.39 is 47.1 Å². The van der Waals surface area contributed by atoms with Crippen molar-refractivity contribution in [3.05, 3.63) is 0 Å². The van der Waals surface area contributed by atoms with Crippen LogP contribution in [0.25, 0.3) is 0 Å². The fraction of sp³-hybridized carbons (Fsp3) is 0.857. The number of carbonyl (C=O) groups excluding carboxylic acids is 2. The SMILES string of the molecule is [2H]C([2H])([2H])C([2H])([2H])OC(=O)C(CC(=O)OCC(CC)CCCC)S(=O)(=O)[O-].[Na+]. The van der Waals surface area contributed by atoms with Gasteiger partial charge in [0.05, 0.1) is 22.3 Å². The summed E-state index contributed by atoms with van der Waals surface area (Å²) in [6, 6.07) is 0. The third kappa shape index (κ3) is 11.1. The zero-order valence-corrected chi connectivity index (χ0v) is 16.5. The molecule has 0 aliphatic carbocycles. The second-order valence-corrected chi connectivity index (χ2v) is 6.36. The molecule has 0 rings (SSSR count). The van der Waals surface area contributed by atoms with Gasteiger partial charge in [-0.1, -0.05) is 33.1 Å². The van der Waals surface area contributed by atoms with Crippen molar-refractivity contribution in [1.82, 2.24) is 0 Å². The van der Waals surface area contributed by atoms with Gasteiger partial charge in [-0.05, 0) is 19.2 Å². The van der Waals surface area contributed by atoms with Crippen molar-refractivity contribution in [1.29, 1.82) is 0 Å². The van der Waals surface area contributed by atoms with Gasteiger partial charge in [0.15, 0.2) is 5.25 Å². The first-order chi connectivity index (χ1) is 12.2. The Morgan fingerprint density at radius 2 is 1.96 bits per heavy atom. The van der Waals surface area contributed by atoms with Crippen molar-refractivity contribution >= 4 is 22.1 Å². The summed E-state index contributed by atoms with van der Waals surface area (Å²) in [5, 5.41) is -2.60. The number of unbranched alkanes of at least 4 members (excludes halogenated alkanes) is 1. The maximum Gasteiger partial charge on any atom is 1.00 e. The number of hydrogen-bond acceptors (Lipinski definition) is 7. The molecule has 0 amide bonds. The van der Waals surface area contributed by atoms with Crippen LogP contribution in [0.5, 0.6) is 0 Å². The molecule has 0 heterocycles. The van der Waals surface area contributed by atoms with E-state index in [2.05, 4.69) is 4.74 Å². The Kier molecular flexibility index (Phi) is 9.35. The summed E-state index contributed by atoms with van der Waals surface area (Å²) >= 11 is 0. The van der Waals surface area contributed by atoms with Crippen molar-refractivity contribution in [2.45, 2.75) is 58.1 Å². The van der Waals surface area contributed by atoms with Gasteiger partial charge in [0.1, 0.15) is 10.1 Å². The molecule has 0 aromatic rings. The fourth-order valence-electron chi connectivity index (χ4n) is 1.74. The Hall–Kier alpha value is -0.150. The molecule has 0 aromatic carbocycles. The molecule has 2 atom stereocenters. The van der Waals surface area contributed by atoms with Crippen LogP contribution < -0.4 is 29.6 Å². The average molecular weight is 365 g/mol. The molecule has 130 valence electrons. The van der Waals surface area contributed by atoms with E-state index in [0.717, 1.165) is 19.3 Å². The van der Waals surface area contributed by atoms with Crippen molar-refractivity contribution in [2.24, 2.45) is 5.92 Å². The predicted octanol–water partition coefficient (Wildman–Crippen LogP) is -1.38. The zero-order valence-electron chi connectivity index (χ0n) is 18.7. The van der Waals surface area contributed by atoms with Crippen LogP contribution in [0.4, 0.5) is 0 Å². The van der Waals surface area contributed by atoms with Gasteiger partial charge < -0.3 is 14.0 Å². The minimum atomic E-state index is -5.41. The van der Waals surface area contributed by atoms with E-state index in [1.54, 1.807) is 0 Å². The molecule has 0 spiro atoms. The topological polar surface area (TPSA) is 110 Å². The van der Waals surface area contributed by atoms with Crippen LogP contribution in [0.3, 0.4) is 0 Å². The van der Waals surface area contributed by atoms with Crippen molar-refractivity contribution in [3.8, 4) is 0 Å². The average Bonchev–Trinajstić information content (AvgIpc) is 2.50. The smallest absolute Gasteiger partial charge is 0.747 e. The zero-order chi connectivity index (χ0) is 21.5. The molecule has 7 nitrogen and oxygen atoms in total. The molecule has 0 fully saturated rings. The van der Waals surface area contributed by atoms with Crippen LogP contribution in [-0.2, 0) is 29.2 Å². The van der Waals surface area contributed by atoms with E-state index in [-0.39, 0.29) is 42.1 Å². The minimum absolute atomic E-state index is 0. The molecule has 0 aliphatic heterocycles. The molecular formula is C14H25NaO7S. The summed E-state index contributed by atoms with van der Waals surface area (Å²) in [6.45, 7) is -3.08. The Morgan fingerprint density at radius 1 is 1.30 bits per heavy atom. The van der Waals surface area contributed by atoms with E-state index in [9.17, 15) is 22.6 Å². The van der Waals surface area contributed by atoms with Gasteiger partial charge in [-0.3, -0.25) is 9.59 Å². The monoisotopic (exact) mass is 365 g/mol. The summed E-state index contributed by atoms with van der Waals surface area (Å²) < 4.78 is 77.8. The van der Waals surface area contributed by atoms with Gasteiger partial charge in [0.2, 0.25) is 0 Å². The number of rotatable bonds is 11. The van der Waals surface area contributed by atoms with Crippen LogP contribution >= 0.6 is 0 Å². The van der Waals surface area contributed by atoms with Crippen molar-refractivity contribution in [2.75, 3.05) is 13.2 Å². The Morgan fingerprint density at radius 3 is 2.43 bits per heavy atom. The van der Waals surface area contributed by atoms with E-state index >= 15 is 0 Å². The largest absolute Gasteiger partial charge is 1.00 e. The summed E-state index contributed by atoms with van der Waals surface area (Å²) in [5.74, 6) is -3.07. The molecule has 0 saturated carbocycles. The molecule has 9 heteroatoms. The van der Waals surface area contributed by atoms with Gasteiger partial charge in [-0.15, -0.1) is 0 Å². The van der Waals surface area contributed by atoms with Crippen molar-refractivity contribution < 1.29 is 68.4 Å². The van der Waals surface area contributed by atoms with Gasteiger partial charge in [0.25, 0.3) is 0 Å². The summed E-state index contributed by atoms with van der Waals surface area (Å²) in [4.78, 5) is 23.6. The predicted molar refractivity (Wildman–Crippen MR) is 79.0 cm³/mol. The molecular weight excluding hydrogens is 335 g/mol. The van der Waals surface area contributed by atoms with Gasteiger partial charge >= 0.3 is 41.5 Å². The maximum atomic E-state index is 11.8. The summed E-state index contributed by atoms with van der Waals surface area (Å²) in [7, 11) is -5.41. The van der Waals surface area contributed by atoms with Crippen LogP contribution in [-0.4, -0.2) is 43.3 Å². The standard InChI is InChI=1S/C14H26O7S.Na/c1-4-7-8-11(5-2)10-21-13(15)9-12(22(17,18)19)14(16)20-6-3;/h11-12H,4-10H2,1-3H3,(H,17,18,19);/q;+1/p-1/i3D3,6D2;. The van der Waals surface area contributed by atoms with E-state index in [1.165, 1.54) is 0 Å². The normalized spacial score (nSPS) is 18.0. The fourth-order valence-corrected chi connectivity index (χ4v) is 2.36. The molecule has 0 radical (unpaired) electrons. The van der Waals surface area contributed by atoms with Gasteiger partial charge in [-0.2, -0.15) is 0 Å². The van der Waals surface area contributed by atoms with Crippen molar-refractivity contribution in [3.63, 3.8) is 0 Å². The summed E-state index contributed by atoms with van der Waals surface area (Å²) in [6.07, 6.45) is 2.15. The second kappa shape index (κ2) is 13.2. The number of ether oxygens (including phenoxy) is 2. The molecule has 0 saturated heterocycles. The van der Waals surface area contributed by atoms with E-state index in [4.69, 9.17) is 11.6 Å². The van der Waals surface area contributed by atoms with E-state index in [0.29, 0.717) is 6.42 Å². The van der Waals surface area contributed by atoms with Crippen LogP contribution in [0.15, 0.2) is 0 Å². The minimum Gasteiger partial charge on any atom is -0.747 e. The number of hydrogen-bond donors (Lipinski definition) is 0. The third-order valence-corrected chi connectivity index (χ3v) is 4.19. The Labute approximate surface area is 167 Å². The first-order valence-corrected chi connectivity index (χ1v) is 8.46. The molecule has 0 aliphatic rings. The van der Waals surface area contributed by atoms with Gasteiger partial charge in [0, 0.05) is 4.11 Å².